The lowest BCUT2D eigenvalue weighted by molar-refractivity contribution is 0.0982. The highest BCUT2D eigenvalue weighted by Crippen LogP contribution is 2.36. The van der Waals surface area contributed by atoms with Gasteiger partial charge in [0.1, 0.15) is 5.82 Å². The molecule has 22 heavy (non-hydrogen) atoms. The van der Waals surface area contributed by atoms with E-state index in [2.05, 4.69) is 10.2 Å². The van der Waals surface area contributed by atoms with Crippen LogP contribution in [0.3, 0.4) is 0 Å². The first-order chi connectivity index (χ1) is 10.6. The van der Waals surface area contributed by atoms with E-state index in [1.165, 1.54) is 36.0 Å². The van der Waals surface area contributed by atoms with Crippen LogP contribution in [0.5, 0.6) is 0 Å². The molecule has 0 unspecified atom stereocenters. The van der Waals surface area contributed by atoms with Crippen LogP contribution in [-0.2, 0) is 0 Å². The van der Waals surface area contributed by atoms with Gasteiger partial charge in [0.2, 0.25) is 0 Å². The molecule has 0 atom stereocenters. The van der Waals surface area contributed by atoms with Crippen LogP contribution in [0.15, 0.2) is 34.2 Å². The van der Waals surface area contributed by atoms with Crippen LogP contribution in [-0.4, -0.2) is 26.3 Å². The monoisotopic (exact) mass is 321 g/mol. The number of thioether (sulfide) groups is 1. The quantitative estimate of drug-likeness (QED) is 0.484. The smallest absolute Gasteiger partial charge is 0.294 e. The molecule has 0 bridgehead atoms. The predicted octanol–water partition coefficient (Wildman–Crippen LogP) is 2.80. The Bertz CT molecular complexity index is 719. The zero-order valence-electron chi connectivity index (χ0n) is 11.9. The number of hydrogen-bond acceptors (Lipinski definition) is 4. The summed E-state index contributed by atoms with van der Waals surface area (Å²) in [6.45, 7) is 0. The molecule has 116 valence electrons. The van der Waals surface area contributed by atoms with E-state index in [0.717, 1.165) is 12.8 Å². The molecule has 1 aromatic carbocycles. The van der Waals surface area contributed by atoms with E-state index in [9.17, 15) is 14.0 Å². The third-order valence-corrected chi connectivity index (χ3v) is 4.57. The van der Waals surface area contributed by atoms with Crippen molar-refractivity contribution in [1.82, 2.24) is 14.8 Å². The number of nitrogens with one attached hydrogen (secondary N) is 1. The van der Waals surface area contributed by atoms with Gasteiger partial charge in [0.25, 0.3) is 0 Å². The Balaban J connectivity index is 1.48. The van der Waals surface area contributed by atoms with Gasteiger partial charge in [-0.15, -0.1) is 5.10 Å². The van der Waals surface area contributed by atoms with Crippen LogP contribution >= 0.6 is 11.8 Å². The molecular weight excluding hydrogens is 305 g/mol. The van der Waals surface area contributed by atoms with Crippen LogP contribution in [0.2, 0.25) is 0 Å². The Hall–Kier alpha value is -1.89. The molecule has 1 aliphatic carbocycles. The van der Waals surface area contributed by atoms with Crippen LogP contribution in [0, 0.1) is 5.82 Å². The van der Waals surface area contributed by atoms with Crippen molar-refractivity contribution in [3.8, 4) is 0 Å². The summed E-state index contributed by atoms with van der Waals surface area (Å²) in [5.41, 5.74) is 0.369. The number of halogens is 1. The summed E-state index contributed by atoms with van der Waals surface area (Å²) in [6.07, 6.45) is 3.13. The van der Waals surface area contributed by atoms with Crippen molar-refractivity contribution < 1.29 is 9.18 Å². The van der Waals surface area contributed by atoms with Crippen LogP contribution < -0.4 is 5.69 Å². The van der Waals surface area contributed by atoms with Crippen molar-refractivity contribution in [1.29, 1.82) is 0 Å². The van der Waals surface area contributed by atoms with Crippen molar-refractivity contribution in [2.24, 2.45) is 0 Å². The topological polar surface area (TPSA) is 67.8 Å². The fourth-order valence-electron chi connectivity index (χ4n) is 2.22. The summed E-state index contributed by atoms with van der Waals surface area (Å²) >= 11 is 1.48. The zero-order chi connectivity index (χ0) is 15.5. The van der Waals surface area contributed by atoms with E-state index in [4.69, 9.17) is 0 Å². The standard InChI is InChI=1S/C15H16FN3O2S/c16-11-5-3-10(4-6-11)13(20)2-1-9-22-15-18-17-14(21)19(15)12-7-8-12/h3-6,12H,1-2,7-9H2,(H,17,21). The van der Waals surface area contributed by atoms with E-state index in [1.807, 2.05) is 0 Å². The first kappa shape index (κ1) is 15.0. The number of nitrogens with zero attached hydrogens (tertiary/aromatic N) is 2. The van der Waals surface area contributed by atoms with Crippen LogP contribution in [0.1, 0.15) is 42.1 Å². The van der Waals surface area contributed by atoms with Gasteiger partial charge in [-0.3, -0.25) is 9.36 Å². The van der Waals surface area contributed by atoms with E-state index >= 15 is 0 Å². The number of carbonyl (C=O) groups excluding carboxylic acids is 1. The van der Waals surface area contributed by atoms with Crippen molar-refractivity contribution in [2.45, 2.75) is 36.9 Å². The van der Waals surface area contributed by atoms with E-state index in [0.29, 0.717) is 29.3 Å². The highest BCUT2D eigenvalue weighted by Gasteiger charge is 2.28. The maximum Gasteiger partial charge on any atom is 0.344 e. The van der Waals surface area contributed by atoms with E-state index in [-0.39, 0.29) is 23.3 Å². The average Bonchev–Trinajstić information content (AvgIpc) is 3.28. The molecule has 1 N–H and O–H groups in total. The summed E-state index contributed by atoms with van der Waals surface area (Å²) < 4.78 is 14.5. The average molecular weight is 321 g/mol. The second-order valence-electron chi connectivity index (χ2n) is 5.29. The first-order valence-corrected chi connectivity index (χ1v) is 8.22. The summed E-state index contributed by atoms with van der Waals surface area (Å²) in [7, 11) is 0. The van der Waals surface area contributed by atoms with E-state index in [1.54, 1.807) is 4.57 Å². The molecule has 5 nitrogen and oxygen atoms in total. The summed E-state index contributed by atoms with van der Waals surface area (Å²) in [6, 6.07) is 5.88. The molecule has 2 aromatic rings. The van der Waals surface area contributed by atoms with Gasteiger partial charge in [0.05, 0.1) is 0 Å². The molecule has 1 fully saturated rings. The number of aromatic amines is 1. The SMILES string of the molecule is O=C(CCCSc1n[nH]c(=O)n1C1CC1)c1ccc(F)cc1. The Labute approximate surface area is 130 Å². The Morgan fingerprint density at radius 3 is 2.77 bits per heavy atom. The Morgan fingerprint density at radius 1 is 1.36 bits per heavy atom. The number of H-pyrrole nitrogens is 1. The fraction of sp³-hybridized carbons (Fsp3) is 0.400. The minimum Gasteiger partial charge on any atom is -0.294 e. The molecule has 7 heteroatoms. The van der Waals surface area contributed by atoms with Gasteiger partial charge in [-0.2, -0.15) is 0 Å². The second-order valence-corrected chi connectivity index (χ2v) is 6.36. The fourth-order valence-corrected chi connectivity index (χ4v) is 3.18. The maximum absolute atomic E-state index is 12.8. The molecule has 0 amide bonds. The van der Waals surface area contributed by atoms with Gasteiger partial charge in [0, 0.05) is 23.8 Å². The van der Waals surface area contributed by atoms with Gasteiger partial charge >= 0.3 is 5.69 Å². The first-order valence-electron chi connectivity index (χ1n) is 7.23. The molecule has 0 saturated heterocycles. The highest BCUT2D eigenvalue weighted by atomic mass is 32.2. The number of carbonyl (C=O) groups is 1. The zero-order valence-corrected chi connectivity index (χ0v) is 12.7. The lowest BCUT2D eigenvalue weighted by atomic mass is 10.1. The normalized spacial score (nSPS) is 14.2. The highest BCUT2D eigenvalue weighted by molar-refractivity contribution is 7.99. The third kappa shape index (κ3) is 3.47. The molecule has 0 spiro atoms. The Kier molecular flexibility index (Phi) is 4.42. The third-order valence-electron chi connectivity index (χ3n) is 3.53. The van der Waals surface area contributed by atoms with Gasteiger partial charge in [-0.1, -0.05) is 11.8 Å². The molecule has 0 aliphatic heterocycles. The molecule has 1 saturated carbocycles. The van der Waals surface area contributed by atoms with Crippen molar-refractivity contribution in [2.75, 3.05) is 5.75 Å². The maximum atomic E-state index is 12.8. The van der Waals surface area contributed by atoms with Gasteiger partial charge in [-0.25, -0.2) is 14.3 Å². The molecule has 1 heterocycles. The number of rotatable bonds is 7. The number of hydrogen-bond donors (Lipinski definition) is 1. The number of ketones is 1. The number of Topliss-reactive ketones (excluding diaryl/α,β-unsaturated/α-hetero) is 1. The summed E-state index contributed by atoms with van der Waals surface area (Å²) in [5, 5.41) is 7.19. The second kappa shape index (κ2) is 6.48. The van der Waals surface area contributed by atoms with Gasteiger partial charge < -0.3 is 0 Å². The Morgan fingerprint density at radius 2 is 2.09 bits per heavy atom. The molecule has 0 radical (unpaired) electrons. The minimum atomic E-state index is -0.344. The van der Waals surface area contributed by atoms with Gasteiger partial charge in [0.15, 0.2) is 10.9 Å². The predicted molar refractivity (Wildman–Crippen MR) is 81.8 cm³/mol. The molecule has 3 rings (SSSR count). The van der Waals surface area contributed by atoms with Crippen LogP contribution in [0.4, 0.5) is 4.39 Å². The minimum absolute atomic E-state index is 0.00205. The largest absolute Gasteiger partial charge is 0.344 e. The lowest BCUT2D eigenvalue weighted by Gasteiger charge is -2.03. The molecule has 1 aromatic heterocycles. The number of aromatic nitrogens is 3. The van der Waals surface area contributed by atoms with E-state index < -0.39 is 0 Å². The van der Waals surface area contributed by atoms with Gasteiger partial charge in [-0.05, 0) is 43.5 Å². The summed E-state index contributed by atoms with van der Waals surface area (Å²) in [5.74, 6) is 0.370. The van der Waals surface area contributed by atoms with Crippen molar-refractivity contribution >= 4 is 17.5 Å². The summed E-state index contributed by atoms with van der Waals surface area (Å²) in [4.78, 5) is 23.6. The number of benzene rings is 1. The molecular formula is C15H16FN3O2S. The van der Waals surface area contributed by atoms with Crippen molar-refractivity contribution in [3.63, 3.8) is 0 Å². The van der Waals surface area contributed by atoms with Crippen LogP contribution in [0.25, 0.3) is 0 Å². The lowest BCUT2D eigenvalue weighted by Crippen LogP contribution is -2.16. The molecule has 1 aliphatic rings. The van der Waals surface area contributed by atoms with Crippen molar-refractivity contribution in [3.05, 3.63) is 46.1 Å².